The summed E-state index contributed by atoms with van der Waals surface area (Å²) < 4.78 is 0.946. The van der Waals surface area contributed by atoms with E-state index < -0.39 is 36.7 Å². The molecule has 4 aromatic rings. The van der Waals surface area contributed by atoms with Gasteiger partial charge < -0.3 is 9.94 Å². The van der Waals surface area contributed by atoms with E-state index in [0.29, 0.717) is 9.16 Å². The first kappa shape index (κ1) is 21.4. The number of nitrogens with zero attached hydrogens (tertiary/aromatic N) is 4. The summed E-state index contributed by atoms with van der Waals surface area (Å²) in [6.07, 6.45) is 0. The summed E-state index contributed by atoms with van der Waals surface area (Å²) in [7, 11) is 0. The van der Waals surface area contributed by atoms with Crippen LogP contribution in [0.25, 0.3) is 11.0 Å². The third-order valence-corrected chi connectivity index (χ3v) is 6.51. The number of imide groups is 2. The lowest BCUT2D eigenvalue weighted by molar-refractivity contribution is -0.477. The number of benzene rings is 3. The lowest BCUT2D eigenvalue weighted by atomic mass is 10.1. The highest BCUT2D eigenvalue weighted by Crippen LogP contribution is 2.28. The standard InChI is InChI=1S/C26H16N4O6/c31-23-15-7-1-2-8-16(15)24(32)27(23)13-21-22(30(36)20-12-6-5-11-19(20)29(21)35)14-28-25(33)17-9-3-4-10-18(17)26(28)34/h1-12H,13-14H2. The monoisotopic (exact) mass is 480 g/mol. The second-order valence-electron chi connectivity index (χ2n) is 8.45. The third kappa shape index (κ3) is 2.91. The summed E-state index contributed by atoms with van der Waals surface area (Å²) in [5.41, 5.74) is 0.380. The number of carbonyl (C=O) groups is 4. The average Bonchev–Trinajstić information content (AvgIpc) is 3.29. The van der Waals surface area contributed by atoms with Gasteiger partial charge in [-0.1, -0.05) is 36.4 Å². The SMILES string of the molecule is O=C1c2ccccc2C(=O)N1Cc1c(CN2C(=O)c3ccccc3C2=O)[n+](=O)c2ccccc2n1[O-]. The summed E-state index contributed by atoms with van der Waals surface area (Å²) in [6.45, 7) is -1.02. The summed E-state index contributed by atoms with van der Waals surface area (Å²) in [5, 5.41) is 13.5. The minimum absolute atomic E-state index is 0.0187. The van der Waals surface area contributed by atoms with Crippen molar-refractivity contribution in [2.75, 3.05) is 0 Å². The van der Waals surface area contributed by atoms with E-state index in [9.17, 15) is 29.3 Å². The quantitative estimate of drug-likeness (QED) is 0.326. The van der Waals surface area contributed by atoms with Crippen molar-refractivity contribution < 1.29 is 23.6 Å². The zero-order valence-electron chi connectivity index (χ0n) is 18.6. The van der Waals surface area contributed by atoms with E-state index in [4.69, 9.17) is 0 Å². The van der Waals surface area contributed by atoms with Gasteiger partial charge in [0.1, 0.15) is 17.8 Å². The Balaban J connectivity index is 1.48. The molecule has 0 unspecified atom stereocenters. The van der Waals surface area contributed by atoms with E-state index in [2.05, 4.69) is 0 Å². The maximum absolute atomic E-state index is 13.5. The highest BCUT2D eigenvalue weighted by Gasteiger charge is 2.41. The van der Waals surface area contributed by atoms with Crippen molar-refractivity contribution in [3.8, 4) is 0 Å². The van der Waals surface area contributed by atoms with Gasteiger partial charge in [0.2, 0.25) is 0 Å². The summed E-state index contributed by atoms with van der Waals surface area (Å²) in [6, 6.07) is 18.6. The van der Waals surface area contributed by atoms with Gasteiger partial charge in [-0.05, 0) is 30.3 Å². The van der Waals surface area contributed by atoms with Crippen molar-refractivity contribution >= 4 is 34.7 Å². The van der Waals surface area contributed by atoms with E-state index in [1.165, 1.54) is 36.4 Å². The Kier molecular flexibility index (Phi) is 4.58. The molecule has 0 atom stereocenters. The second kappa shape index (κ2) is 7.70. The molecule has 0 bridgehead atoms. The highest BCUT2D eigenvalue weighted by molar-refractivity contribution is 6.22. The van der Waals surface area contributed by atoms with Gasteiger partial charge in [0.15, 0.2) is 0 Å². The Bertz CT molecular complexity index is 1650. The molecule has 176 valence electrons. The van der Waals surface area contributed by atoms with Crippen LogP contribution < -0.4 is 4.43 Å². The molecule has 10 nitrogen and oxygen atoms in total. The predicted molar refractivity (Wildman–Crippen MR) is 125 cm³/mol. The van der Waals surface area contributed by atoms with Crippen LogP contribution in [0.4, 0.5) is 0 Å². The first-order valence-corrected chi connectivity index (χ1v) is 11.0. The van der Waals surface area contributed by atoms with Crippen molar-refractivity contribution in [2.45, 2.75) is 13.1 Å². The Labute approximate surface area is 202 Å². The van der Waals surface area contributed by atoms with Crippen LogP contribution in [0.5, 0.6) is 0 Å². The van der Waals surface area contributed by atoms with Crippen LogP contribution in [0, 0.1) is 10.1 Å². The molecular formula is C26H16N4O6. The molecule has 0 saturated carbocycles. The van der Waals surface area contributed by atoms with Crippen molar-refractivity contribution in [2.24, 2.45) is 0 Å². The summed E-state index contributed by atoms with van der Waals surface area (Å²) >= 11 is 0. The zero-order valence-corrected chi connectivity index (χ0v) is 18.6. The Morgan fingerprint density at radius 3 is 1.53 bits per heavy atom. The predicted octanol–water partition coefficient (Wildman–Crippen LogP) is 2.49. The lowest BCUT2D eigenvalue weighted by Crippen LogP contribution is -2.39. The molecule has 0 spiro atoms. The highest BCUT2D eigenvalue weighted by atomic mass is 16.5. The largest absolute Gasteiger partial charge is 0.805 e. The molecule has 6 rings (SSSR count). The smallest absolute Gasteiger partial charge is 0.286 e. The zero-order chi connectivity index (χ0) is 25.1. The first-order valence-electron chi connectivity index (χ1n) is 11.0. The molecule has 0 fully saturated rings. The maximum Gasteiger partial charge on any atom is 0.286 e. The molecule has 4 amide bonds. The van der Waals surface area contributed by atoms with Crippen LogP contribution >= 0.6 is 0 Å². The summed E-state index contributed by atoms with van der Waals surface area (Å²) in [4.78, 5) is 67.1. The number of amides is 4. The second-order valence-corrected chi connectivity index (χ2v) is 8.45. The van der Waals surface area contributed by atoms with Gasteiger partial charge in [-0.25, -0.2) is 0 Å². The third-order valence-electron chi connectivity index (χ3n) is 6.51. The number of para-hydroxylation sites is 2. The average molecular weight is 480 g/mol. The first-order chi connectivity index (χ1) is 17.4. The minimum Gasteiger partial charge on any atom is -0.805 e. The van der Waals surface area contributed by atoms with Crippen molar-refractivity contribution in [1.82, 2.24) is 14.5 Å². The Morgan fingerprint density at radius 1 is 0.611 bits per heavy atom. The number of aromatic nitrogens is 2. The van der Waals surface area contributed by atoms with Crippen LogP contribution in [0.3, 0.4) is 0 Å². The van der Waals surface area contributed by atoms with E-state index in [1.807, 2.05) is 0 Å². The maximum atomic E-state index is 13.5. The van der Waals surface area contributed by atoms with Gasteiger partial charge in [-0.2, -0.15) is 0 Å². The Morgan fingerprint density at radius 2 is 1.03 bits per heavy atom. The molecule has 0 aliphatic carbocycles. The molecule has 3 heterocycles. The van der Waals surface area contributed by atoms with E-state index in [-0.39, 0.29) is 44.7 Å². The van der Waals surface area contributed by atoms with Crippen LogP contribution in [0.15, 0.2) is 72.8 Å². The fourth-order valence-electron chi connectivity index (χ4n) is 4.71. The molecule has 10 heteroatoms. The van der Waals surface area contributed by atoms with Crippen LogP contribution in [-0.2, 0) is 13.1 Å². The fourth-order valence-corrected chi connectivity index (χ4v) is 4.71. The van der Waals surface area contributed by atoms with Gasteiger partial charge in [0.25, 0.3) is 34.8 Å². The normalized spacial score (nSPS) is 14.7. The van der Waals surface area contributed by atoms with Gasteiger partial charge >= 0.3 is 0 Å². The molecule has 0 N–H and O–H groups in total. The van der Waals surface area contributed by atoms with Crippen molar-refractivity contribution in [3.05, 3.63) is 117 Å². The summed E-state index contributed by atoms with van der Waals surface area (Å²) in [5.74, 6) is -2.42. The molecule has 3 aromatic carbocycles. The number of hydrogen-bond acceptors (Lipinski definition) is 6. The molecule has 2 aliphatic rings. The van der Waals surface area contributed by atoms with Crippen LogP contribution in [0.1, 0.15) is 52.8 Å². The van der Waals surface area contributed by atoms with E-state index in [1.54, 1.807) is 36.4 Å². The van der Waals surface area contributed by atoms with E-state index >= 15 is 0 Å². The number of carbonyl (C=O) groups excluding carboxylic acids is 4. The van der Waals surface area contributed by atoms with Gasteiger partial charge in [0.05, 0.1) is 33.2 Å². The fraction of sp³-hybridized carbons (Fsp3) is 0.0769. The van der Waals surface area contributed by atoms with Crippen LogP contribution in [-0.4, -0.2) is 38.2 Å². The number of fused-ring (bicyclic) bond motifs is 3. The molecule has 1 aromatic heterocycles. The lowest BCUT2D eigenvalue weighted by Gasteiger charge is -2.23. The van der Waals surface area contributed by atoms with Crippen molar-refractivity contribution in [3.63, 3.8) is 0 Å². The van der Waals surface area contributed by atoms with Crippen molar-refractivity contribution in [1.29, 1.82) is 0 Å². The topological polar surface area (TPSA) is 126 Å². The van der Waals surface area contributed by atoms with E-state index in [0.717, 1.165) is 9.80 Å². The molecule has 36 heavy (non-hydrogen) atoms. The molecule has 0 radical (unpaired) electrons. The van der Waals surface area contributed by atoms with Crippen LogP contribution in [0.2, 0.25) is 0 Å². The molecule has 2 aliphatic heterocycles. The molecular weight excluding hydrogens is 464 g/mol. The number of rotatable bonds is 4. The van der Waals surface area contributed by atoms with Gasteiger partial charge in [0, 0.05) is 11.0 Å². The molecule has 0 saturated heterocycles. The minimum atomic E-state index is -0.604. The number of hydrogen-bond donors (Lipinski definition) is 0. The van der Waals surface area contributed by atoms with Gasteiger partial charge in [-0.3, -0.25) is 29.0 Å². The Hall–Kier alpha value is -5.12. The van der Waals surface area contributed by atoms with Gasteiger partial charge in [-0.15, -0.1) is 0 Å².